The van der Waals surface area contributed by atoms with Crippen LogP contribution in [0.1, 0.15) is 0 Å². The minimum Gasteiger partial charge on any atom is -0.183 e. The van der Waals surface area contributed by atoms with Gasteiger partial charge in [0.25, 0.3) is 0 Å². The molecule has 0 radical (unpaired) electrons. The molecule has 0 bridgehead atoms. The van der Waals surface area contributed by atoms with Crippen molar-refractivity contribution in [1.82, 2.24) is 0 Å². The normalized spacial score (nSPS) is 13.9. The van der Waals surface area contributed by atoms with Gasteiger partial charge in [-0.1, -0.05) is 12.7 Å². The fraction of sp³-hybridized carbons (Fsp3) is 0.333. The molecule has 2 nitrogen and oxygen atoms in total. The second-order valence-electron chi connectivity index (χ2n) is 1.48. The van der Waals surface area contributed by atoms with E-state index in [2.05, 4.69) is 17.7 Å². The lowest BCUT2D eigenvalue weighted by atomic mass is 10.7. The van der Waals surface area contributed by atoms with Crippen molar-refractivity contribution in [1.29, 1.82) is 0 Å². The Morgan fingerprint density at radius 2 is 2.30 bits per heavy atom. The molecular formula is C6H9FO2P+. The number of alkyl halides is 1. The van der Waals surface area contributed by atoms with Crippen LogP contribution in [0.5, 0.6) is 0 Å². The third kappa shape index (κ3) is 3.49. The van der Waals surface area contributed by atoms with Gasteiger partial charge in [0.15, 0.2) is 0 Å². The molecule has 0 aromatic rings. The topological polar surface area (TPSA) is 26.3 Å². The summed E-state index contributed by atoms with van der Waals surface area (Å²) < 4.78 is 27.3. The first-order chi connectivity index (χ1) is 4.72. The standard InChI is InChI=1S/C6H9FO2P/c1-3-5-9-10(8)6(7)4-2/h3-4,6H,1-2,5H2/q+1. The van der Waals surface area contributed by atoms with E-state index in [9.17, 15) is 8.96 Å². The van der Waals surface area contributed by atoms with Crippen LogP contribution in [0.3, 0.4) is 0 Å². The highest BCUT2D eigenvalue weighted by Gasteiger charge is 2.28. The number of hydrogen-bond donors (Lipinski definition) is 0. The van der Waals surface area contributed by atoms with Crippen LogP contribution in [0, 0.1) is 0 Å². The van der Waals surface area contributed by atoms with Gasteiger partial charge in [-0.05, 0) is 10.6 Å². The van der Waals surface area contributed by atoms with Gasteiger partial charge in [0.2, 0.25) is 0 Å². The van der Waals surface area contributed by atoms with Crippen molar-refractivity contribution in [3.8, 4) is 0 Å². The molecule has 0 aromatic carbocycles. The van der Waals surface area contributed by atoms with E-state index < -0.39 is 13.9 Å². The average Bonchev–Trinajstić information content (AvgIpc) is 1.98. The number of allylic oxidation sites excluding steroid dienone is 1. The van der Waals surface area contributed by atoms with E-state index in [0.29, 0.717) is 0 Å². The first-order valence-electron chi connectivity index (χ1n) is 2.69. The smallest absolute Gasteiger partial charge is 0.183 e. The molecule has 4 heteroatoms. The van der Waals surface area contributed by atoms with Crippen LogP contribution in [0.15, 0.2) is 25.3 Å². The zero-order chi connectivity index (χ0) is 7.98. The van der Waals surface area contributed by atoms with Gasteiger partial charge in [0.1, 0.15) is 6.61 Å². The fourth-order valence-electron chi connectivity index (χ4n) is 0.283. The van der Waals surface area contributed by atoms with Crippen molar-refractivity contribution in [2.45, 2.75) is 5.91 Å². The molecule has 2 atom stereocenters. The monoisotopic (exact) mass is 163 g/mol. The highest BCUT2D eigenvalue weighted by atomic mass is 31.1. The molecule has 0 spiro atoms. The van der Waals surface area contributed by atoms with Crippen LogP contribution < -0.4 is 0 Å². The van der Waals surface area contributed by atoms with Crippen LogP contribution in [0.2, 0.25) is 0 Å². The zero-order valence-corrected chi connectivity index (χ0v) is 6.39. The molecule has 2 unspecified atom stereocenters. The molecule has 0 amide bonds. The third-order valence-electron chi connectivity index (χ3n) is 0.716. The van der Waals surface area contributed by atoms with Gasteiger partial charge >= 0.3 is 13.9 Å². The van der Waals surface area contributed by atoms with Crippen molar-refractivity contribution in [3.05, 3.63) is 25.3 Å². The predicted molar refractivity (Wildman–Crippen MR) is 38.8 cm³/mol. The van der Waals surface area contributed by atoms with Crippen LogP contribution in [0.25, 0.3) is 0 Å². The fourth-order valence-corrected chi connectivity index (χ4v) is 0.850. The molecular weight excluding hydrogens is 154 g/mol. The van der Waals surface area contributed by atoms with E-state index in [1.807, 2.05) is 0 Å². The van der Waals surface area contributed by atoms with Crippen molar-refractivity contribution in [2.75, 3.05) is 6.61 Å². The minimum absolute atomic E-state index is 0.101. The van der Waals surface area contributed by atoms with Gasteiger partial charge in [0, 0.05) is 0 Å². The van der Waals surface area contributed by atoms with Crippen LogP contribution in [-0.4, -0.2) is 12.5 Å². The van der Waals surface area contributed by atoms with Crippen LogP contribution in [-0.2, 0) is 9.09 Å². The molecule has 56 valence electrons. The van der Waals surface area contributed by atoms with E-state index in [1.54, 1.807) is 0 Å². The summed E-state index contributed by atoms with van der Waals surface area (Å²) in [6.45, 7) is 6.54. The van der Waals surface area contributed by atoms with Crippen molar-refractivity contribution in [3.63, 3.8) is 0 Å². The lowest BCUT2D eigenvalue weighted by molar-refractivity contribution is 0.342. The average molecular weight is 163 g/mol. The lowest BCUT2D eigenvalue weighted by Gasteiger charge is -1.85. The molecule has 0 aromatic heterocycles. The van der Waals surface area contributed by atoms with E-state index >= 15 is 0 Å². The van der Waals surface area contributed by atoms with E-state index in [-0.39, 0.29) is 6.61 Å². The first-order valence-corrected chi connectivity index (χ1v) is 3.94. The summed E-state index contributed by atoms with van der Waals surface area (Å²) in [6, 6.07) is 0. The van der Waals surface area contributed by atoms with E-state index in [4.69, 9.17) is 0 Å². The van der Waals surface area contributed by atoms with Crippen molar-refractivity contribution < 1.29 is 13.5 Å². The summed E-state index contributed by atoms with van der Waals surface area (Å²) in [7, 11) is -2.25. The van der Waals surface area contributed by atoms with E-state index in [0.717, 1.165) is 6.08 Å². The van der Waals surface area contributed by atoms with Gasteiger partial charge in [-0.25, -0.2) is 0 Å². The Morgan fingerprint density at radius 3 is 2.70 bits per heavy atom. The molecule has 0 fully saturated rings. The Labute approximate surface area is 60.3 Å². The maximum Gasteiger partial charge on any atom is 0.550 e. The maximum atomic E-state index is 12.3. The van der Waals surface area contributed by atoms with Crippen molar-refractivity contribution >= 4 is 8.03 Å². The summed E-state index contributed by atoms with van der Waals surface area (Å²) in [5, 5.41) is 0. The van der Waals surface area contributed by atoms with Crippen molar-refractivity contribution in [2.24, 2.45) is 0 Å². The summed E-state index contributed by atoms with van der Waals surface area (Å²) >= 11 is 0. The van der Waals surface area contributed by atoms with Gasteiger partial charge < -0.3 is 0 Å². The Kier molecular flexibility index (Phi) is 4.99. The first kappa shape index (κ1) is 9.47. The largest absolute Gasteiger partial charge is 0.550 e. The molecule has 0 aliphatic rings. The summed E-state index contributed by atoms with van der Waals surface area (Å²) in [5.41, 5.74) is 0. The molecule has 0 aliphatic heterocycles. The second kappa shape index (κ2) is 5.27. The van der Waals surface area contributed by atoms with Gasteiger partial charge in [-0.3, -0.25) is 0 Å². The minimum atomic E-state index is -2.25. The zero-order valence-electron chi connectivity index (χ0n) is 5.50. The highest BCUT2D eigenvalue weighted by molar-refractivity contribution is 7.40. The van der Waals surface area contributed by atoms with Gasteiger partial charge in [-0.15, -0.1) is 11.1 Å². The summed E-state index contributed by atoms with van der Waals surface area (Å²) in [5.74, 6) is -1.57. The molecule has 0 rings (SSSR count). The lowest BCUT2D eigenvalue weighted by Crippen LogP contribution is -1.89. The van der Waals surface area contributed by atoms with Crippen LogP contribution >= 0.6 is 8.03 Å². The molecule has 0 N–H and O–H groups in total. The quantitative estimate of drug-likeness (QED) is 0.459. The Bertz CT molecular complexity index is 147. The second-order valence-corrected chi connectivity index (χ2v) is 2.80. The van der Waals surface area contributed by atoms with E-state index in [1.165, 1.54) is 6.08 Å². The SMILES string of the molecule is C=CCO[P+](=O)C(F)C=C. The maximum absolute atomic E-state index is 12.3. The summed E-state index contributed by atoms with van der Waals surface area (Å²) in [4.78, 5) is 0. The molecule has 10 heavy (non-hydrogen) atoms. The van der Waals surface area contributed by atoms with Crippen LogP contribution in [0.4, 0.5) is 4.39 Å². The summed E-state index contributed by atoms with van der Waals surface area (Å²) in [6.07, 6.45) is 2.35. The Hall–Kier alpha value is -0.530. The van der Waals surface area contributed by atoms with Gasteiger partial charge in [0.05, 0.1) is 0 Å². The third-order valence-corrected chi connectivity index (χ3v) is 1.73. The highest BCUT2D eigenvalue weighted by Crippen LogP contribution is 2.30. The molecule has 0 saturated carbocycles. The molecule has 0 saturated heterocycles. The number of halogens is 1. The molecule has 0 heterocycles. The predicted octanol–water partition coefficient (Wildman–Crippen LogP) is 2.41. The Morgan fingerprint density at radius 1 is 1.70 bits per heavy atom. The van der Waals surface area contributed by atoms with Gasteiger partial charge in [-0.2, -0.15) is 4.39 Å². The Balaban J connectivity index is 3.61. The molecule has 0 aliphatic carbocycles. The number of hydrogen-bond acceptors (Lipinski definition) is 2. The number of rotatable bonds is 5.